The normalized spacial score (nSPS) is 25.6. The van der Waals surface area contributed by atoms with E-state index in [1.807, 2.05) is 11.8 Å². The summed E-state index contributed by atoms with van der Waals surface area (Å²) in [5, 5.41) is 8.71. The number of thioether (sulfide) groups is 1. The Bertz CT molecular complexity index is 685. The summed E-state index contributed by atoms with van der Waals surface area (Å²) in [5.41, 5.74) is 1.27. The Balaban J connectivity index is 1.28. The molecule has 4 atom stereocenters. The van der Waals surface area contributed by atoms with Gasteiger partial charge in [-0.15, -0.1) is 0 Å². The average Bonchev–Trinajstić information content (AvgIpc) is 3.35. The van der Waals surface area contributed by atoms with E-state index < -0.39 is 5.97 Å². The molecule has 4 heteroatoms. The van der Waals surface area contributed by atoms with E-state index in [-0.39, 0.29) is 6.42 Å². The molecule has 0 radical (unpaired) electrons. The van der Waals surface area contributed by atoms with Crippen LogP contribution in [0.25, 0.3) is 6.08 Å². The van der Waals surface area contributed by atoms with E-state index >= 15 is 0 Å². The second kappa shape index (κ2) is 13.0. The molecule has 3 rings (SSSR count). The highest BCUT2D eigenvalue weighted by atomic mass is 32.2. The Morgan fingerprint density at radius 3 is 2.63 bits per heavy atom. The fourth-order valence-electron chi connectivity index (χ4n) is 4.82. The van der Waals surface area contributed by atoms with Crippen molar-refractivity contribution in [2.24, 2.45) is 11.8 Å². The van der Waals surface area contributed by atoms with Gasteiger partial charge in [0.25, 0.3) is 0 Å². The molecular formula is C26H36O3S. The van der Waals surface area contributed by atoms with Crippen LogP contribution in [0.15, 0.2) is 48.6 Å². The molecule has 30 heavy (non-hydrogen) atoms. The van der Waals surface area contributed by atoms with E-state index in [9.17, 15) is 4.79 Å². The van der Waals surface area contributed by atoms with Crippen LogP contribution in [0.1, 0.15) is 63.4 Å². The molecule has 1 N–H and O–H groups in total. The van der Waals surface area contributed by atoms with E-state index in [1.54, 1.807) is 0 Å². The van der Waals surface area contributed by atoms with Gasteiger partial charge < -0.3 is 9.84 Å². The monoisotopic (exact) mass is 428 g/mol. The number of aliphatic carboxylic acids is 1. The number of carboxylic acid groups (broad SMARTS) is 1. The molecule has 3 nitrogen and oxygen atoms in total. The summed E-state index contributed by atoms with van der Waals surface area (Å²) in [6, 6.07) is 10.5. The molecule has 0 aromatic heterocycles. The van der Waals surface area contributed by atoms with Gasteiger partial charge in [-0.1, -0.05) is 61.1 Å². The van der Waals surface area contributed by atoms with Crippen molar-refractivity contribution in [2.45, 2.75) is 70.0 Å². The lowest BCUT2D eigenvalue weighted by atomic mass is 9.75. The fraction of sp³-hybridized carbons (Fsp3) is 0.577. The second-order valence-electron chi connectivity index (χ2n) is 8.49. The molecule has 164 valence electrons. The van der Waals surface area contributed by atoms with E-state index in [0.29, 0.717) is 18.1 Å². The number of hydrogen-bond acceptors (Lipinski definition) is 3. The van der Waals surface area contributed by atoms with Crippen molar-refractivity contribution in [3.05, 3.63) is 54.1 Å². The van der Waals surface area contributed by atoms with Gasteiger partial charge in [-0.2, -0.15) is 11.8 Å². The minimum Gasteiger partial charge on any atom is -0.481 e. The first-order valence-corrected chi connectivity index (χ1v) is 12.7. The Kier molecular flexibility index (Phi) is 10.0. The molecule has 0 amide bonds. The van der Waals surface area contributed by atoms with Crippen LogP contribution in [0.2, 0.25) is 0 Å². The smallest absolute Gasteiger partial charge is 0.303 e. The standard InChI is InChI=1S/C26H36O3S/c27-26(28)16-7-2-1-6-14-22-23(25-18-17-24(22)29-25)15-8-9-19-30-20-10-13-21-11-4-3-5-12-21/h1,3-6,10-13,22-25H,2,7-9,14-20H2,(H,27,28)/b6-1-,13-10?/t22-,23+,24-,25+/m1/s1. The minimum absolute atomic E-state index is 0.268. The zero-order chi connectivity index (χ0) is 21.0. The molecule has 2 aliphatic rings. The van der Waals surface area contributed by atoms with Crippen LogP contribution >= 0.6 is 11.8 Å². The maximum atomic E-state index is 10.6. The SMILES string of the molecule is O=C(O)CCC/C=C\C[C@@H]1[C@H](CCCCSCC=Cc2ccccc2)[C@@H]2CC[C@H]1O2. The van der Waals surface area contributed by atoms with Crippen LogP contribution < -0.4 is 0 Å². The van der Waals surface area contributed by atoms with Crippen molar-refractivity contribution < 1.29 is 14.6 Å². The van der Waals surface area contributed by atoms with Crippen LogP contribution in [0, 0.1) is 11.8 Å². The van der Waals surface area contributed by atoms with Crippen LogP contribution in [0.5, 0.6) is 0 Å². The van der Waals surface area contributed by atoms with Crippen molar-refractivity contribution in [1.29, 1.82) is 0 Å². The molecule has 2 saturated heterocycles. The molecule has 0 aliphatic carbocycles. The van der Waals surface area contributed by atoms with Crippen LogP contribution in [-0.4, -0.2) is 34.8 Å². The van der Waals surface area contributed by atoms with Crippen molar-refractivity contribution in [3.8, 4) is 0 Å². The Hall–Kier alpha value is -1.52. The van der Waals surface area contributed by atoms with E-state index in [0.717, 1.165) is 30.9 Å². The lowest BCUT2D eigenvalue weighted by Crippen LogP contribution is -2.26. The Morgan fingerprint density at radius 2 is 1.83 bits per heavy atom. The number of hydrogen-bond donors (Lipinski definition) is 1. The number of carbonyl (C=O) groups is 1. The van der Waals surface area contributed by atoms with Crippen LogP contribution in [0.3, 0.4) is 0 Å². The number of unbranched alkanes of at least 4 members (excludes halogenated alkanes) is 2. The molecule has 1 aromatic rings. The van der Waals surface area contributed by atoms with Crippen LogP contribution in [-0.2, 0) is 9.53 Å². The van der Waals surface area contributed by atoms with Crippen molar-refractivity contribution >= 4 is 23.8 Å². The topological polar surface area (TPSA) is 46.5 Å². The summed E-state index contributed by atoms with van der Waals surface area (Å²) in [5.74, 6) is 3.00. The summed E-state index contributed by atoms with van der Waals surface area (Å²) < 4.78 is 6.23. The number of rotatable bonds is 14. The zero-order valence-corrected chi connectivity index (χ0v) is 18.8. The first kappa shape index (κ1) is 23.1. The summed E-state index contributed by atoms with van der Waals surface area (Å²) >= 11 is 2.02. The zero-order valence-electron chi connectivity index (χ0n) is 18.0. The van der Waals surface area contributed by atoms with Gasteiger partial charge in [-0.3, -0.25) is 4.79 Å². The van der Waals surface area contributed by atoms with Gasteiger partial charge in [0.05, 0.1) is 12.2 Å². The van der Waals surface area contributed by atoms with Gasteiger partial charge in [-0.25, -0.2) is 0 Å². The molecule has 1 aromatic carbocycles. The maximum Gasteiger partial charge on any atom is 0.303 e. The number of carboxylic acids is 1. The highest BCUT2D eigenvalue weighted by Gasteiger charge is 2.47. The molecule has 2 bridgehead atoms. The maximum absolute atomic E-state index is 10.6. The second-order valence-corrected chi connectivity index (χ2v) is 9.64. The predicted molar refractivity (Wildman–Crippen MR) is 127 cm³/mol. The first-order valence-electron chi connectivity index (χ1n) is 11.6. The van der Waals surface area contributed by atoms with Gasteiger partial charge in [0, 0.05) is 12.2 Å². The molecule has 0 unspecified atom stereocenters. The summed E-state index contributed by atoms with van der Waals surface area (Å²) in [7, 11) is 0. The summed E-state index contributed by atoms with van der Waals surface area (Å²) in [6.45, 7) is 0. The number of benzene rings is 1. The molecule has 2 heterocycles. The van der Waals surface area contributed by atoms with Crippen molar-refractivity contribution in [1.82, 2.24) is 0 Å². The molecule has 0 saturated carbocycles. The summed E-state index contributed by atoms with van der Waals surface area (Å²) in [4.78, 5) is 10.6. The Morgan fingerprint density at radius 1 is 1.03 bits per heavy atom. The van der Waals surface area contributed by atoms with Gasteiger partial charge in [-0.05, 0) is 68.1 Å². The minimum atomic E-state index is -0.699. The van der Waals surface area contributed by atoms with E-state index in [1.165, 1.54) is 43.4 Å². The third kappa shape index (κ3) is 7.63. The van der Waals surface area contributed by atoms with Gasteiger partial charge in [0.15, 0.2) is 0 Å². The van der Waals surface area contributed by atoms with Gasteiger partial charge in [0.2, 0.25) is 0 Å². The molecule has 0 spiro atoms. The van der Waals surface area contributed by atoms with Gasteiger partial charge in [0.1, 0.15) is 0 Å². The lowest BCUT2D eigenvalue weighted by molar-refractivity contribution is -0.137. The highest BCUT2D eigenvalue weighted by Crippen LogP contribution is 2.47. The fourth-order valence-corrected chi connectivity index (χ4v) is 5.63. The van der Waals surface area contributed by atoms with E-state index in [2.05, 4.69) is 54.6 Å². The van der Waals surface area contributed by atoms with Crippen molar-refractivity contribution in [2.75, 3.05) is 11.5 Å². The molecule has 2 aliphatic heterocycles. The third-order valence-electron chi connectivity index (χ3n) is 6.33. The predicted octanol–water partition coefficient (Wildman–Crippen LogP) is 6.60. The molecule has 2 fully saturated rings. The van der Waals surface area contributed by atoms with Crippen molar-refractivity contribution in [3.63, 3.8) is 0 Å². The first-order chi connectivity index (χ1) is 14.7. The van der Waals surface area contributed by atoms with Crippen LogP contribution in [0.4, 0.5) is 0 Å². The highest BCUT2D eigenvalue weighted by molar-refractivity contribution is 7.99. The third-order valence-corrected chi connectivity index (χ3v) is 7.33. The number of ether oxygens (including phenoxy) is 1. The van der Waals surface area contributed by atoms with Gasteiger partial charge >= 0.3 is 5.97 Å². The quantitative estimate of drug-likeness (QED) is 0.268. The number of allylic oxidation sites excluding steroid dienone is 2. The lowest BCUT2D eigenvalue weighted by Gasteiger charge is -2.27. The Labute approximate surface area is 186 Å². The largest absolute Gasteiger partial charge is 0.481 e. The number of fused-ring (bicyclic) bond motifs is 2. The molecular weight excluding hydrogens is 392 g/mol. The average molecular weight is 429 g/mol. The summed E-state index contributed by atoms with van der Waals surface area (Å²) in [6.07, 6.45) is 19.2. The van der Waals surface area contributed by atoms with E-state index in [4.69, 9.17) is 9.84 Å².